The fourth-order valence-corrected chi connectivity index (χ4v) is 7.09. The van der Waals surface area contributed by atoms with Gasteiger partial charge < -0.3 is 20.7 Å². The van der Waals surface area contributed by atoms with Crippen molar-refractivity contribution in [1.82, 2.24) is 20.9 Å². The fraction of sp³-hybridized carbons (Fsp3) is 0.519. The van der Waals surface area contributed by atoms with Crippen LogP contribution < -0.4 is 25.6 Å². The molecule has 3 atom stereocenters. The number of hydrogen-bond donors (Lipinski definition) is 3. The van der Waals surface area contributed by atoms with E-state index in [2.05, 4.69) is 20.9 Å². The van der Waals surface area contributed by atoms with Crippen molar-refractivity contribution in [2.45, 2.75) is 80.3 Å². The van der Waals surface area contributed by atoms with Crippen molar-refractivity contribution in [2.75, 3.05) is 18.0 Å². The smallest absolute Gasteiger partial charge is 0.327 e. The molecule has 4 heterocycles. The van der Waals surface area contributed by atoms with Crippen molar-refractivity contribution < 1.29 is 14.3 Å². The molecule has 190 valence electrons. The molecule has 0 bridgehead atoms. The van der Waals surface area contributed by atoms with Crippen LogP contribution in [0.4, 0.5) is 16.2 Å². The lowest BCUT2D eigenvalue weighted by Crippen LogP contribution is -2.52. The third-order valence-electron chi connectivity index (χ3n) is 7.67. The summed E-state index contributed by atoms with van der Waals surface area (Å²) in [4.78, 5) is 33.0. The number of pyridine rings is 1. The van der Waals surface area contributed by atoms with Gasteiger partial charge in [0, 0.05) is 24.3 Å². The molecule has 1 aliphatic carbocycles. The Labute approximate surface area is 215 Å². The van der Waals surface area contributed by atoms with Crippen molar-refractivity contribution >= 4 is 35.1 Å². The van der Waals surface area contributed by atoms with Gasteiger partial charge in [0.15, 0.2) is 0 Å². The van der Waals surface area contributed by atoms with Crippen LogP contribution in [-0.2, 0) is 4.79 Å². The number of aromatic nitrogens is 1. The number of piperidine rings is 1. The molecule has 36 heavy (non-hydrogen) atoms. The van der Waals surface area contributed by atoms with Crippen LogP contribution in [0, 0.1) is 6.92 Å². The number of urea groups is 1. The average molecular weight is 508 g/mol. The number of ether oxygens (including phenoxy) is 1. The van der Waals surface area contributed by atoms with Crippen molar-refractivity contribution in [2.24, 2.45) is 0 Å². The lowest BCUT2D eigenvalue weighted by atomic mass is 9.97. The highest BCUT2D eigenvalue weighted by molar-refractivity contribution is 8.01. The molecule has 8 nitrogen and oxygen atoms in total. The highest BCUT2D eigenvalue weighted by atomic mass is 32.2. The van der Waals surface area contributed by atoms with Gasteiger partial charge >= 0.3 is 6.03 Å². The number of amides is 3. The van der Waals surface area contributed by atoms with Gasteiger partial charge in [-0.25, -0.2) is 9.78 Å². The molecule has 9 heteroatoms. The first-order valence-electron chi connectivity index (χ1n) is 13.1. The van der Waals surface area contributed by atoms with Crippen molar-refractivity contribution in [3.05, 3.63) is 41.6 Å². The van der Waals surface area contributed by atoms with Crippen LogP contribution in [0.25, 0.3) is 0 Å². The van der Waals surface area contributed by atoms with Gasteiger partial charge in [-0.15, -0.1) is 0 Å². The maximum atomic E-state index is 13.5. The van der Waals surface area contributed by atoms with E-state index in [1.165, 1.54) is 31.0 Å². The quantitative estimate of drug-likeness (QED) is 0.557. The Morgan fingerprint density at radius 3 is 2.78 bits per heavy atom. The third-order valence-corrected chi connectivity index (χ3v) is 8.96. The van der Waals surface area contributed by atoms with E-state index in [1.807, 2.05) is 31.2 Å². The van der Waals surface area contributed by atoms with E-state index >= 15 is 0 Å². The largest absolute Gasteiger partial charge is 0.490 e. The van der Waals surface area contributed by atoms with E-state index in [0.717, 1.165) is 72.0 Å². The molecule has 2 unspecified atom stereocenters. The zero-order valence-electron chi connectivity index (χ0n) is 20.6. The highest BCUT2D eigenvalue weighted by Crippen LogP contribution is 2.51. The predicted molar refractivity (Wildman–Crippen MR) is 140 cm³/mol. The van der Waals surface area contributed by atoms with E-state index in [-0.39, 0.29) is 24.1 Å². The Hall–Kier alpha value is -2.78. The highest BCUT2D eigenvalue weighted by Gasteiger charge is 2.47. The molecule has 3 N–H and O–H groups in total. The summed E-state index contributed by atoms with van der Waals surface area (Å²) < 4.78 is 6.24. The summed E-state index contributed by atoms with van der Waals surface area (Å²) in [5.74, 6) is 0.805. The van der Waals surface area contributed by atoms with Crippen LogP contribution >= 0.6 is 11.8 Å². The number of benzene rings is 1. The van der Waals surface area contributed by atoms with Crippen molar-refractivity contribution in [1.29, 1.82) is 0 Å². The minimum Gasteiger partial charge on any atom is -0.490 e. The molecule has 0 spiro atoms. The van der Waals surface area contributed by atoms with Crippen molar-refractivity contribution in [3.8, 4) is 5.75 Å². The molecule has 3 aliphatic heterocycles. The molecular formula is C27H33N5O3S. The number of carbonyl (C=O) groups is 2. The van der Waals surface area contributed by atoms with Gasteiger partial charge in [0.2, 0.25) is 5.91 Å². The maximum Gasteiger partial charge on any atom is 0.327 e. The molecule has 2 fully saturated rings. The molecule has 0 radical (unpaired) electrons. The standard InChI is InChI=1S/C27H33N5O3S/c1-16-14-19(35-18-7-3-2-4-8-18)9-10-20(16)32-21-11-13-29-26-22(21)23(31-27(32)34)24(36-26)25(33)30-17-6-5-12-28-15-17/h9-11,13-14,17-18,23-24,28H,2-8,12,15H2,1H3,(H,30,33)(H,31,34)/t17?,23?,24-/m1/s1. The molecule has 6 rings (SSSR count). The minimum absolute atomic E-state index is 0.0446. The molecule has 4 aliphatic rings. The fourth-order valence-electron chi connectivity index (χ4n) is 5.85. The van der Waals surface area contributed by atoms with E-state index in [9.17, 15) is 9.59 Å². The van der Waals surface area contributed by atoms with Crippen LogP contribution in [0.2, 0.25) is 0 Å². The van der Waals surface area contributed by atoms with Gasteiger partial charge in [-0.3, -0.25) is 9.69 Å². The van der Waals surface area contributed by atoms with Gasteiger partial charge in [-0.05, 0) is 81.8 Å². The van der Waals surface area contributed by atoms with E-state index in [0.29, 0.717) is 0 Å². The first-order valence-corrected chi connectivity index (χ1v) is 14.0. The van der Waals surface area contributed by atoms with Gasteiger partial charge in [-0.2, -0.15) is 0 Å². The summed E-state index contributed by atoms with van der Waals surface area (Å²) in [6, 6.07) is 7.31. The maximum absolute atomic E-state index is 13.5. The second kappa shape index (κ2) is 9.94. The van der Waals surface area contributed by atoms with Crippen molar-refractivity contribution in [3.63, 3.8) is 0 Å². The molecule has 1 aromatic carbocycles. The number of rotatable bonds is 5. The summed E-state index contributed by atoms with van der Waals surface area (Å²) in [5.41, 5.74) is 3.49. The van der Waals surface area contributed by atoms with E-state index in [1.54, 1.807) is 11.1 Å². The first kappa shape index (κ1) is 23.6. The number of nitrogens with one attached hydrogen (secondary N) is 3. The minimum atomic E-state index is -0.436. The molecule has 2 aromatic rings. The van der Waals surface area contributed by atoms with Crippen LogP contribution in [0.5, 0.6) is 5.75 Å². The lowest BCUT2D eigenvalue weighted by molar-refractivity contribution is -0.121. The van der Waals surface area contributed by atoms with Crippen LogP contribution in [0.15, 0.2) is 35.5 Å². The summed E-state index contributed by atoms with van der Waals surface area (Å²) >= 11 is 1.44. The normalized spacial score (nSPS) is 25.8. The second-order valence-electron chi connectivity index (χ2n) is 10.2. The number of anilines is 2. The zero-order chi connectivity index (χ0) is 24.6. The van der Waals surface area contributed by atoms with Crippen LogP contribution in [0.1, 0.15) is 62.1 Å². The summed E-state index contributed by atoms with van der Waals surface area (Å²) in [6.07, 6.45) is 9.95. The topological polar surface area (TPSA) is 95.6 Å². The predicted octanol–water partition coefficient (Wildman–Crippen LogP) is 4.35. The number of aryl methyl sites for hydroxylation is 1. The third kappa shape index (κ3) is 4.43. The number of hydrogen-bond acceptors (Lipinski definition) is 6. The van der Waals surface area contributed by atoms with E-state index < -0.39 is 11.3 Å². The molecule has 1 saturated carbocycles. The molecule has 1 aromatic heterocycles. The van der Waals surface area contributed by atoms with Gasteiger partial charge in [-0.1, -0.05) is 18.2 Å². The number of carbonyl (C=O) groups excluding carboxylic acids is 2. The molecular weight excluding hydrogens is 474 g/mol. The van der Waals surface area contributed by atoms with Gasteiger partial charge in [0.05, 0.1) is 23.5 Å². The Morgan fingerprint density at radius 2 is 2.00 bits per heavy atom. The molecule has 1 saturated heterocycles. The Balaban J connectivity index is 1.25. The Kier molecular flexibility index (Phi) is 6.52. The molecule has 3 amide bonds. The van der Waals surface area contributed by atoms with E-state index in [4.69, 9.17) is 4.74 Å². The second-order valence-corrected chi connectivity index (χ2v) is 11.4. The first-order chi connectivity index (χ1) is 17.6. The van der Waals surface area contributed by atoms with Gasteiger partial charge in [0.25, 0.3) is 0 Å². The summed E-state index contributed by atoms with van der Waals surface area (Å²) in [6.45, 7) is 3.78. The van der Waals surface area contributed by atoms with Crippen LogP contribution in [-0.4, -0.2) is 47.4 Å². The zero-order valence-corrected chi connectivity index (χ0v) is 21.4. The summed E-state index contributed by atoms with van der Waals surface area (Å²) in [7, 11) is 0. The average Bonchev–Trinajstić information content (AvgIpc) is 3.26. The Bertz CT molecular complexity index is 1160. The SMILES string of the molecule is Cc1cc(OC2CCCCC2)ccc1N1C(=O)NC2c3c1ccnc3S[C@H]2C(=O)NC1CCCNC1. The van der Waals surface area contributed by atoms with Gasteiger partial charge in [0.1, 0.15) is 16.0 Å². The lowest BCUT2D eigenvalue weighted by Gasteiger charge is -2.35. The number of thioether (sulfide) groups is 1. The Morgan fingerprint density at radius 1 is 1.14 bits per heavy atom. The van der Waals surface area contributed by atoms with Crippen LogP contribution in [0.3, 0.4) is 0 Å². The number of nitrogens with zero attached hydrogens (tertiary/aromatic N) is 2. The summed E-state index contributed by atoms with van der Waals surface area (Å²) in [5, 5.41) is 10.0. The monoisotopic (exact) mass is 507 g/mol.